The van der Waals surface area contributed by atoms with Crippen LogP contribution in [-0.4, -0.2) is 48.6 Å². The summed E-state index contributed by atoms with van der Waals surface area (Å²) in [5.41, 5.74) is 2.60. The fraction of sp³-hybridized carbons (Fsp3) is 0.455. The smallest absolute Gasteiger partial charge is 0.351 e. The maximum absolute atomic E-state index is 11.7. The van der Waals surface area contributed by atoms with Gasteiger partial charge in [0.05, 0.1) is 0 Å². The van der Waals surface area contributed by atoms with Crippen molar-refractivity contribution in [1.29, 1.82) is 0 Å². The number of nitrogen functional groups attached to an aromatic ring is 1. The summed E-state index contributed by atoms with van der Waals surface area (Å²) >= 11 is 0. The molecule has 1 aromatic rings. The Morgan fingerprint density at radius 1 is 1.65 bits per heavy atom. The van der Waals surface area contributed by atoms with E-state index < -0.39 is 35.5 Å². The second-order valence-corrected chi connectivity index (χ2v) is 4.61. The number of aromatic nitrogens is 2. The summed E-state index contributed by atoms with van der Waals surface area (Å²) in [5.74, 6) is 0.251. The molecule has 0 aromatic carbocycles. The minimum atomic E-state index is -1.93. The summed E-state index contributed by atoms with van der Waals surface area (Å²) in [6.45, 7) is 1.20. The van der Waals surface area contributed by atoms with Crippen molar-refractivity contribution in [2.45, 2.75) is 31.0 Å². The number of nitrogens with zero attached hydrogens (tertiary/aromatic N) is 2. The summed E-state index contributed by atoms with van der Waals surface area (Å²) in [5, 5.41) is 29.4. The first-order chi connectivity index (χ1) is 9.28. The van der Waals surface area contributed by atoms with E-state index in [9.17, 15) is 24.9 Å². The average molecular weight is 283 g/mol. The van der Waals surface area contributed by atoms with Gasteiger partial charge in [-0.25, -0.2) is 9.59 Å². The molecule has 2 rings (SSSR count). The van der Waals surface area contributed by atoms with Gasteiger partial charge in [-0.2, -0.15) is 4.98 Å². The largest absolute Gasteiger partial charge is 0.500 e. The number of aliphatic hydroxyl groups is 3. The normalized spacial score (nSPS) is 32.9. The van der Waals surface area contributed by atoms with Crippen molar-refractivity contribution >= 4 is 11.8 Å². The van der Waals surface area contributed by atoms with E-state index in [1.165, 1.54) is 25.1 Å². The summed E-state index contributed by atoms with van der Waals surface area (Å²) in [7, 11) is 0. The van der Waals surface area contributed by atoms with Crippen molar-refractivity contribution in [2.24, 2.45) is 0 Å². The van der Waals surface area contributed by atoms with E-state index >= 15 is 0 Å². The number of hydrogen-bond acceptors (Lipinski definition) is 8. The first-order valence-electron chi connectivity index (χ1n) is 5.63. The maximum Gasteiger partial charge on any atom is 0.351 e. The standard InChI is InChI=1S/C11H13N3O6/c1-11(19)8(17)7(5(16)4-15)20-9(11)14-3-2-6(12)13-10(14)18/h2-3,7-9,16-17,19H,1H3,(H2,12,13,18)/t7-,8-,9-,11-/m1/s1. The Hall–Kier alpha value is -2.19. The van der Waals surface area contributed by atoms with Crippen LogP contribution in [0.2, 0.25) is 0 Å². The number of hydrogen-bond donors (Lipinski definition) is 4. The molecule has 108 valence electrons. The lowest BCUT2D eigenvalue weighted by molar-refractivity contribution is -0.0972. The number of aliphatic hydroxyl groups excluding tert-OH is 2. The van der Waals surface area contributed by atoms with E-state index in [0.29, 0.717) is 0 Å². The second-order valence-electron chi connectivity index (χ2n) is 4.61. The molecule has 9 nitrogen and oxygen atoms in total. The second kappa shape index (κ2) is 4.73. The molecule has 0 aliphatic carbocycles. The summed E-state index contributed by atoms with van der Waals surface area (Å²) in [6.07, 6.45) is -3.24. The SMILES string of the molecule is C[C@@]1(O)[C@H](O)[C@@H](C(O)=C=O)O[C@H]1n1ccc(N)nc1=O. The van der Waals surface area contributed by atoms with Crippen LogP contribution < -0.4 is 11.4 Å². The Kier molecular flexibility index (Phi) is 3.36. The van der Waals surface area contributed by atoms with Gasteiger partial charge in [-0.1, -0.05) is 0 Å². The van der Waals surface area contributed by atoms with Gasteiger partial charge >= 0.3 is 5.69 Å². The molecule has 9 heteroatoms. The van der Waals surface area contributed by atoms with E-state index in [4.69, 9.17) is 10.5 Å². The zero-order valence-electron chi connectivity index (χ0n) is 10.4. The van der Waals surface area contributed by atoms with Gasteiger partial charge in [0.25, 0.3) is 0 Å². The van der Waals surface area contributed by atoms with Crippen LogP contribution in [0.25, 0.3) is 0 Å². The molecule has 2 heterocycles. The molecule has 1 saturated heterocycles. The van der Waals surface area contributed by atoms with Crippen LogP contribution in [-0.2, 0) is 9.53 Å². The van der Waals surface area contributed by atoms with Crippen molar-refractivity contribution in [2.75, 3.05) is 5.73 Å². The molecule has 0 spiro atoms. The Bertz CT molecular complexity index is 633. The molecular weight excluding hydrogens is 270 g/mol. The lowest BCUT2D eigenvalue weighted by Crippen LogP contribution is -2.46. The van der Waals surface area contributed by atoms with Gasteiger partial charge in [0.2, 0.25) is 5.76 Å². The van der Waals surface area contributed by atoms with Gasteiger partial charge < -0.3 is 25.8 Å². The predicted octanol–water partition coefficient (Wildman–Crippen LogP) is -1.89. The molecular formula is C11H13N3O6. The van der Waals surface area contributed by atoms with Crippen molar-refractivity contribution in [1.82, 2.24) is 9.55 Å². The molecule has 20 heavy (non-hydrogen) atoms. The zero-order chi connectivity index (χ0) is 15.1. The number of carbonyl (C=O) groups excluding carboxylic acids is 1. The maximum atomic E-state index is 11.7. The van der Waals surface area contributed by atoms with Crippen LogP contribution in [0.15, 0.2) is 22.8 Å². The lowest BCUT2D eigenvalue weighted by Gasteiger charge is -2.27. The Labute approximate surface area is 112 Å². The van der Waals surface area contributed by atoms with Crippen LogP contribution in [0.4, 0.5) is 5.82 Å². The molecule has 1 aliphatic rings. The third kappa shape index (κ3) is 2.08. The zero-order valence-corrected chi connectivity index (χ0v) is 10.4. The molecule has 4 atom stereocenters. The number of anilines is 1. The van der Waals surface area contributed by atoms with Crippen LogP contribution in [0.3, 0.4) is 0 Å². The van der Waals surface area contributed by atoms with Gasteiger partial charge in [0, 0.05) is 6.20 Å². The molecule has 0 amide bonds. The van der Waals surface area contributed by atoms with Crippen LogP contribution in [0.5, 0.6) is 0 Å². The molecule has 0 radical (unpaired) electrons. The van der Waals surface area contributed by atoms with Crippen molar-refractivity contribution < 1.29 is 24.9 Å². The van der Waals surface area contributed by atoms with E-state index in [1.807, 2.05) is 0 Å². The summed E-state index contributed by atoms with van der Waals surface area (Å²) in [6, 6.07) is 1.30. The number of nitrogens with two attached hydrogens (primary N) is 1. The summed E-state index contributed by atoms with van der Waals surface area (Å²) in [4.78, 5) is 25.6. The minimum Gasteiger partial charge on any atom is -0.500 e. The van der Waals surface area contributed by atoms with E-state index in [0.717, 1.165) is 4.57 Å². The Balaban J connectivity index is 2.47. The third-order valence-electron chi connectivity index (χ3n) is 3.14. The third-order valence-corrected chi connectivity index (χ3v) is 3.14. The first kappa shape index (κ1) is 14.2. The van der Waals surface area contributed by atoms with Gasteiger partial charge in [0.1, 0.15) is 17.5 Å². The molecule has 1 aliphatic heterocycles. The predicted molar refractivity (Wildman–Crippen MR) is 65.3 cm³/mol. The van der Waals surface area contributed by atoms with Crippen molar-refractivity contribution in [3.8, 4) is 0 Å². The molecule has 5 N–H and O–H groups in total. The van der Waals surface area contributed by atoms with E-state index in [-0.39, 0.29) is 5.82 Å². The highest BCUT2D eigenvalue weighted by molar-refractivity contribution is 5.51. The summed E-state index contributed by atoms with van der Waals surface area (Å²) < 4.78 is 6.08. The van der Waals surface area contributed by atoms with Gasteiger partial charge in [-0.15, -0.1) is 0 Å². The van der Waals surface area contributed by atoms with Gasteiger partial charge in [-0.3, -0.25) is 4.57 Å². The molecule has 1 fully saturated rings. The lowest BCUT2D eigenvalue weighted by atomic mass is 9.96. The fourth-order valence-electron chi connectivity index (χ4n) is 2.03. The minimum absolute atomic E-state index is 0.0170. The Morgan fingerprint density at radius 2 is 2.30 bits per heavy atom. The highest BCUT2D eigenvalue weighted by Crippen LogP contribution is 2.39. The van der Waals surface area contributed by atoms with Crippen molar-refractivity contribution in [3.63, 3.8) is 0 Å². The van der Waals surface area contributed by atoms with Gasteiger partial charge in [-0.05, 0) is 13.0 Å². The molecule has 0 saturated carbocycles. The average Bonchev–Trinajstić information content (AvgIpc) is 2.61. The van der Waals surface area contributed by atoms with E-state index in [2.05, 4.69) is 4.98 Å². The van der Waals surface area contributed by atoms with E-state index in [1.54, 1.807) is 0 Å². The molecule has 1 aromatic heterocycles. The quantitative estimate of drug-likeness (QED) is 0.363. The molecule has 0 bridgehead atoms. The highest BCUT2D eigenvalue weighted by Gasteiger charge is 2.55. The van der Waals surface area contributed by atoms with Crippen LogP contribution in [0, 0.1) is 0 Å². The fourth-order valence-corrected chi connectivity index (χ4v) is 2.03. The topological polar surface area (TPSA) is 148 Å². The monoisotopic (exact) mass is 283 g/mol. The van der Waals surface area contributed by atoms with Crippen molar-refractivity contribution in [3.05, 3.63) is 28.5 Å². The Morgan fingerprint density at radius 3 is 2.85 bits per heavy atom. The first-order valence-corrected chi connectivity index (χ1v) is 5.63. The van der Waals surface area contributed by atoms with Crippen LogP contribution >= 0.6 is 0 Å². The van der Waals surface area contributed by atoms with Crippen LogP contribution in [0.1, 0.15) is 13.2 Å². The number of rotatable bonds is 2. The molecule has 0 unspecified atom stereocenters. The highest BCUT2D eigenvalue weighted by atomic mass is 16.6. The number of ether oxygens (including phenoxy) is 1. The van der Waals surface area contributed by atoms with Gasteiger partial charge in [0.15, 0.2) is 18.3 Å².